The van der Waals surface area contributed by atoms with Crippen LogP contribution in [-0.2, 0) is 0 Å². The Morgan fingerprint density at radius 2 is 2.00 bits per heavy atom. The van der Waals surface area contributed by atoms with Crippen LogP contribution in [0.5, 0.6) is 0 Å². The first-order valence-corrected chi connectivity index (χ1v) is 6.90. The first-order chi connectivity index (χ1) is 8.64. The van der Waals surface area contributed by atoms with Crippen molar-refractivity contribution in [3.05, 3.63) is 18.5 Å². The van der Waals surface area contributed by atoms with E-state index in [1.54, 1.807) is 0 Å². The summed E-state index contributed by atoms with van der Waals surface area (Å²) in [5, 5.41) is 0. The second kappa shape index (κ2) is 4.50. The van der Waals surface area contributed by atoms with Crippen molar-refractivity contribution in [1.82, 2.24) is 14.9 Å². The van der Waals surface area contributed by atoms with Crippen LogP contribution in [0, 0.1) is 5.41 Å². The molecule has 18 heavy (non-hydrogen) atoms. The zero-order chi connectivity index (χ0) is 12.6. The number of nitrogens with zero attached hydrogens (tertiary/aromatic N) is 4. The summed E-state index contributed by atoms with van der Waals surface area (Å²) >= 11 is 0. The smallest absolute Gasteiger partial charge is 0.225 e. The van der Waals surface area contributed by atoms with Gasteiger partial charge < -0.3 is 4.90 Å². The Balaban J connectivity index is 1.69. The molecule has 3 heterocycles. The van der Waals surface area contributed by atoms with E-state index in [2.05, 4.69) is 33.6 Å². The molecule has 0 spiro atoms. The van der Waals surface area contributed by atoms with Gasteiger partial charge in [-0.1, -0.05) is 13.8 Å². The summed E-state index contributed by atoms with van der Waals surface area (Å²) in [6.07, 6.45) is 6.30. The number of rotatable bonds is 1. The first kappa shape index (κ1) is 11.9. The highest BCUT2D eigenvalue weighted by molar-refractivity contribution is 5.30. The van der Waals surface area contributed by atoms with Crippen LogP contribution >= 0.6 is 0 Å². The van der Waals surface area contributed by atoms with Gasteiger partial charge in [-0.2, -0.15) is 0 Å². The van der Waals surface area contributed by atoms with E-state index in [-0.39, 0.29) is 0 Å². The summed E-state index contributed by atoms with van der Waals surface area (Å²) in [5.74, 6) is 0.891. The van der Waals surface area contributed by atoms with Gasteiger partial charge in [-0.25, -0.2) is 9.97 Å². The van der Waals surface area contributed by atoms with E-state index in [0.717, 1.165) is 25.6 Å². The maximum Gasteiger partial charge on any atom is 0.225 e. The van der Waals surface area contributed by atoms with Crippen LogP contribution in [-0.4, -0.2) is 47.1 Å². The lowest BCUT2D eigenvalue weighted by Crippen LogP contribution is -2.58. The van der Waals surface area contributed by atoms with Gasteiger partial charge in [0, 0.05) is 44.6 Å². The highest BCUT2D eigenvalue weighted by Crippen LogP contribution is 2.33. The molecule has 0 saturated carbocycles. The van der Waals surface area contributed by atoms with Crippen molar-refractivity contribution in [2.24, 2.45) is 5.41 Å². The minimum absolute atomic E-state index is 0.488. The molecule has 1 aromatic heterocycles. The largest absolute Gasteiger partial charge is 0.338 e. The molecule has 0 amide bonds. The Hall–Kier alpha value is -1.16. The molecule has 2 fully saturated rings. The van der Waals surface area contributed by atoms with Crippen LogP contribution in [0.3, 0.4) is 0 Å². The third-order valence-corrected chi connectivity index (χ3v) is 4.23. The Morgan fingerprint density at radius 3 is 2.78 bits per heavy atom. The van der Waals surface area contributed by atoms with Gasteiger partial charge in [0.25, 0.3) is 0 Å². The number of hydrogen-bond acceptors (Lipinski definition) is 4. The molecule has 0 aliphatic carbocycles. The molecular weight excluding hydrogens is 224 g/mol. The second-order valence-electron chi connectivity index (χ2n) is 6.32. The molecule has 0 unspecified atom stereocenters. The van der Waals surface area contributed by atoms with Crippen LogP contribution in [0.1, 0.15) is 26.7 Å². The first-order valence-electron chi connectivity index (χ1n) is 6.90. The molecule has 1 atom stereocenters. The highest BCUT2D eigenvalue weighted by atomic mass is 15.3. The number of anilines is 1. The quantitative estimate of drug-likeness (QED) is 0.756. The molecule has 1 aromatic rings. The van der Waals surface area contributed by atoms with Gasteiger partial charge in [0.1, 0.15) is 0 Å². The van der Waals surface area contributed by atoms with Gasteiger partial charge in [0.2, 0.25) is 5.95 Å². The average Bonchev–Trinajstić information content (AvgIpc) is 2.38. The molecule has 2 aliphatic rings. The van der Waals surface area contributed by atoms with E-state index in [0.29, 0.717) is 11.5 Å². The minimum atomic E-state index is 0.488. The molecule has 0 radical (unpaired) electrons. The number of fused-ring (bicyclic) bond motifs is 1. The van der Waals surface area contributed by atoms with Crippen molar-refractivity contribution in [2.45, 2.75) is 32.7 Å². The molecule has 2 saturated heterocycles. The van der Waals surface area contributed by atoms with E-state index in [4.69, 9.17) is 0 Å². The second-order valence-corrected chi connectivity index (χ2v) is 6.32. The Bertz CT molecular complexity index is 404. The number of piperazine rings is 1. The number of piperidine rings is 1. The number of aromatic nitrogens is 2. The molecule has 2 aliphatic heterocycles. The SMILES string of the molecule is CC1(C)CC[C@H]2CN(c3ncccn3)CCN2C1. The van der Waals surface area contributed by atoms with Gasteiger partial charge >= 0.3 is 0 Å². The summed E-state index contributed by atoms with van der Waals surface area (Å²) in [4.78, 5) is 13.7. The zero-order valence-corrected chi connectivity index (χ0v) is 11.3. The molecule has 0 bridgehead atoms. The highest BCUT2D eigenvalue weighted by Gasteiger charge is 2.36. The van der Waals surface area contributed by atoms with E-state index in [1.165, 1.54) is 19.4 Å². The van der Waals surface area contributed by atoms with Crippen LogP contribution in [0.25, 0.3) is 0 Å². The minimum Gasteiger partial charge on any atom is -0.338 e. The van der Waals surface area contributed by atoms with Gasteiger partial charge in [-0.15, -0.1) is 0 Å². The van der Waals surface area contributed by atoms with Crippen molar-refractivity contribution < 1.29 is 0 Å². The van der Waals surface area contributed by atoms with Crippen LogP contribution in [0.15, 0.2) is 18.5 Å². The van der Waals surface area contributed by atoms with E-state index < -0.39 is 0 Å². The van der Waals surface area contributed by atoms with Gasteiger partial charge in [-0.05, 0) is 24.3 Å². The monoisotopic (exact) mass is 246 g/mol. The predicted molar refractivity (Wildman–Crippen MR) is 72.6 cm³/mol. The maximum atomic E-state index is 4.36. The molecule has 3 rings (SSSR count). The average molecular weight is 246 g/mol. The summed E-state index contributed by atoms with van der Waals surface area (Å²) in [7, 11) is 0. The van der Waals surface area contributed by atoms with Crippen LogP contribution < -0.4 is 4.90 Å². The predicted octanol–water partition coefficient (Wildman–Crippen LogP) is 1.79. The van der Waals surface area contributed by atoms with Crippen LogP contribution in [0.2, 0.25) is 0 Å². The summed E-state index contributed by atoms with van der Waals surface area (Å²) in [6, 6.07) is 2.57. The third-order valence-electron chi connectivity index (χ3n) is 4.23. The standard InChI is InChI=1S/C14H22N4/c1-14(2)5-4-12-10-17(8-9-18(12)11-14)13-15-6-3-7-16-13/h3,6-7,12H,4-5,8-11H2,1-2H3/t12-/m0/s1. The topological polar surface area (TPSA) is 32.3 Å². The van der Waals surface area contributed by atoms with E-state index in [1.807, 2.05) is 18.5 Å². The fourth-order valence-electron chi connectivity index (χ4n) is 3.20. The Kier molecular flexibility index (Phi) is 2.98. The van der Waals surface area contributed by atoms with Crippen molar-refractivity contribution in [1.29, 1.82) is 0 Å². The Morgan fingerprint density at radius 1 is 1.22 bits per heavy atom. The van der Waals surface area contributed by atoms with Crippen molar-refractivity contribution in [2.75, 3.05) is 31.1 Å². The fourth-order valence-corrected chi connectivity index (χ4v) is 3.20. The lowest BCUT2D eigenvalue weighted by Gasteiger charge is -2.49. The third kappa shape index (κ3) is 2.34. The normalized spacial score (nSPS) is 27.9. The molecule has 4 nitrogen and oxygen atoms in total. The summed E-state index contributed by atoms with van der Waals surface area (Å²) in [6.45, 7) is 9.29. The van der Waals surface area contributed by atoms with Crippen LogP contribution in [0.4, 0.5) is 5.95 Å². The number of hydrogen-bond donors (Lipinski definition) is 0. The maximum absolute atomic E-state index is 4.36. The van der Waals surface area contributed by atoms with E-state index in [9.17, 15) is 0 Å². The Labute approximate surface area is 109 Å². The fraction of sp³-hybridized carbons (Fsp3) is 0.714. The van der Waals surface area contributed by atoms with Gasteiger partial charge in [-0.3, -0.25) is 4.90 Å². The molecule has 0 N–H and O–H groups in total. The van der Waals surface area contributed by atoms with Crippen molar-refractivity contribution in [3.63, 3.8) is 0 Å². The van der Waals surface area contributed by atoms with Gasteiger partial charge in [0.05, 0.1) is 0 Å². The molecule has 0 aromatic carbocycles. The molecule has 4 heteroatoms. The van der Waals surface area contributed by atoms with Gasteiger partial charge in [0.15, 0.2) is 0 Å². The zero-order valence-electron chi connectivity index (χ0n) is 11.3. The lowest BCUT2D eigenvalue weighted by atomic mass is 9.80. The van der Waals surface area contributed by atoms with Crippen molar-refractivity contribution >= 4 is 5.95 Å². The lowest BCUT2D eigenvalue weighted by molar-refractivity contribution is 0.0547. The summed E-state index contributed by atoms with van der Waals surface area (Å²) in [5.41, 5.74) is 0.488. The molecular formula is C14H22N4. The van der Waals surface area contributed by atoms with Crippen molar-refractivity contribution in [3.8, 4) is 0 Å². The molecule has 98 valence electrons. The summed E-state index contributed by atoms with van der Waals surface area (Å²) < 4.78 is 0. The van der Waals surface area contributed by atoms with E-state index >= 15 is 0 Å².